The van der Waals surface area contributed by atoms with E-state index in [2.05, 4.69) is 0 Å². The highest BCUT2D eigenvalue weighted by atomic mass is 16.7. The number of carbonyl (C=O) groups is 2. The van der Waals surface area contributed by atoms with Gasteiger partial charge in [-0.2, -0.15) is 0 Å². The molecule has 0 spiro atoms. The largest absolute Gasteiger partial charge is 0.633 e. The highest BCUT2D eigenvalue weighted by Gasteiger charge is 2.46. The van der Waals surface area contributed by atoms with Gasteiger partial charge in [0.25, 0.3) is 0 Å². The van der Waals surface area contributed by atoms with Gasteiger partial charge in [0.15, 0.2) is 18.2 Å². The number of rotatable bonds is 4. The van der Waals surface area contributed by atoms with Gasteiger partial charge in [-0.05, 0) is 51.7 Å². The number of quaternary nitrogens is 1. The number of ketones is 1. The summed E-state index contributed by atoms with van der Waals surface area (Å²) >= 11 is 0. The minimum atomic E-state index is -1.51. The molecule has 0 radical (unpaired) electrons. The van der Waals surface area contributed by atoms with Crippen LogP contribution < -0.4 is 0 Å². The van der Waals surface area contributed by atoms with Crippen LogP contribution in [0.5, 0.6) is 0 Å². The van der Waals surface area contributed by atoms with Gasteiger partial charge in [-0.3, -0.25) is 9.59 Å². The quantitative estimate of drug-likeness (QED) is 0.353. The molecule has 2 N–H and O–H groups in total. The average Bonchev–Trinajstić information content (AvgIpc) is 2.73. The predicted octanol–water partition coefficient (Wildman–Crippen LogP) is 2.32. The van der Waals surface area contributed by atoms with Crippen LogP contribution in [0, 0.1) is 23.0 Å². The summed E-state index contributed by atoms with van der Waals surface area (Å²) in [7, 11) is 2.94. The number of likely N-dealkylation sites (N-methyl/N-ethyl adjacent to an activating group) is 1. The summed E-state index contributed by atoms with van der Waals surface area (Å²) in [6.07, 6.45) is -0.329. The molecule has 1 fully saturated rings. The zero-order valence-corrected chi connectivity index (χ0v) is 21.8. The summed E-state index contributed by atoms with van der Waals surface area (Å²) in [5, 5.41) is 34.4. The maximum Gasteiger partial charge on any atom is 0.311 e. The number of ether oxygens (including phenoxy) is 3. The SMILES string of the molecule is CC[C@H]1OC(=O)[C@H](C)[C@@H](OC2OC(C)CC([N+](C)(C)[O-])C2O)[C@@H](C)C[C@@H](C)C(=O)/C=C/[C@]1(C)O. The first-order chi connectivity index (χ1) is 15.6. The number of hydroxylamine groups is 3. The Morgan fingerprint density at radius 3 is 2.38 bits per heavy atom. The van der Waals surface area contributed by atoms with Gasteiger partial charge in [-0.1, -0.05) is 20.8 Å². The van der Waals surface area contributed by atoms with Gasteiger partial charge < -0.3 is 34.3 Å². The molecule has 2 rings (SSSR count). The number of hydrogen-bond acceptors (Lipinski definition) is 8. The minimum absolute atomic E-state index is 0.145. The molecule has 196 valence electrons. The van der Waals surface area contributed by atoms with E-state index in [4.69, 9.17) is 14.2 Å². The molecular weight excluding hydrogens is 442 g/mol. The van der Waals surface area contributed by atoms with Crippen molar-refractivity contribution in [1.82, 2.24) is 0 Å². The second kappa shape index (κ2) is 11.1. The number of carbonyl (C=O) groups excluding carboxylic acids is 2. The van der Waals surface area contributed by atoms with Gasteiger partial charge in [0.2, 0.25) is 0 Å². The number of esters is 1. The van der Waals surface area contributed by atoms with Crippen molar-refractivity contribution >= 4 is 11.8 Å². The van der Waals surface area contributed by atoms with Gasteiger partial charge in [0.1, 0.15) is 17.7 Å². The number of allylic oxidation sites excluding steroid dienone is 1. The van der Waals surface area contributed by atoms with E-state index in [1.165, 1.54) is 33.2 Å². The van der Waals surface area contributed by atoms with E-state index >= 15 is 0 Å². The van der Waals surface area contributed by atoms with Crippen LogP contribution in [0.3, 0.4) is 0 Å². The molecule has 0 bridgehead atoms. The lowest BCUT2D eigenvalue weighted by Crippen LogP contribution is -2.61. The fraction of sp³-hybridized carbons (Fsp3) is 0.840. The molecule has 10 atom stereocenters. The molecule has 0 amide bonds. The van der Waals surface area contributed by atoms with Crippen molar-refractivity contribution in [2.45, 2.75) is 103 Å². The van der Waals surface area contributed by atoms with Gasteiger partial charge in [0.05, 0.1) is 32.2 Å². The van der Waals surface area contributed by atoms with Gasteiger partial charge in [0, 0.05) is 12.3 Å². The van der Waals surface area contributed by atoms with Crippen molar-refractivity contribution in [1.29, 1.82) is 0 Å². The molecule has 0 saturated carbocycles. The molecule has 0 aromatic heterocycles. The molecule has 2 aliphatic heterocycles. The Bertz CT molecular complexity index is 746. The Balaban J connectivity index is 2.38. The summed E-state index contributed by atoms with van der Waals surface area (Å²) < 4.78 is 17.1. The van der Waals surface area contributed by atoms with Crippen LogP contribution in [-0.2, 0) is 23.8 Å². The van der Waals surface area contributed by atoms with Gasteiger partial charge in [-0.15, -0.1) is 0 Å². The number of hydrogen-bond donors (Lipinski definition) is 2. The number of aliphatic hydroxyl groups excluding tert-OH is 1. The van der Waals surface area contributed by atoms with Crippen molar-refractivity contribution in [2.75, 3.05) is 14.1 Å². The lowest BCUT2D eigenvalue weighted by molar-refractivity contribution is -0.874. The Morgan fingerprint density at radius 2 is 1.82 bits per heavy atom. The van der Waals surface area contributed by atoms with Crippen LogP contribution in [0.2, 0.25) is 0 Å². The zero-order chi connectivity index (χ0) is 26.0. The van der Waals surface area contributed by atoms with Crippen molar-refractivity contribution < 1.29 is 38.7 Å². The topological polar surface area (TPSA) is 125 Å². The molecule has 0 aliphatic carbocycles. The number of cyclic esters (lactones) is 1. The molecule has 0 aromatic carbocycles. The lowest BCUT2D eigenvalue weighted by atomic mass is 9.84. The van der Waals surface area contributed by atoms with Crippen molar-refractivity contribution in [3.63, 3.8) is 0 Å². The van der Waals surface area contributed by atoms with Crippen molar-refractivity contribution in [2.24, 2.45) is 17.8 Å². The molecule has 9 nitrogen and oxygen atoms in total. The van der Waals surface area contributed by atoms with Crippen LogP contribution in [-0.4, -0.2) is 83.1 Å². The summed E-state index contributed by atoms with van der Waals surface area (Å²) in [6.45, 7) is 10.4. The van der Waals surface area contributed by atoms with E-state index < -0.39 is 52.8 Å². The second-order valence-corrected chi connectivity index (χ2v) is 10.8. The zero-order valence-electron chi connectivity index (χ0n) is 21.8. The highest BCUT2D eigenvalue weighted by Crippen LogP contribution is 2.33. The molecular formula is C25H43NO8. The molecule has 2 heterocycles. The van der Waals surface area contributed by atoms with E-state index in [1.54, 1.807) is 20.8 Å². The first kappa shape index (κ1) is 28.9. The monoisotopic (exact) mass is 485 g/mol. The minimum Gasteiger partial charge on any atom is -0.633 e. The third-order valence-electron chi connectivity index (χ3n) is 7.21. The van der Waals surface area contributed by atoms with E-state index in [0.717, 1.165) is 0 Å². The highest BCUT2D eigenvalue weighted by molar-refractivity contribution is 5.91. The molecule has 1 saturated heterocycles. The third-order valence-corrected chi connectivity index (χ3v) is 7.21. The maximum atomic E-state index is 13.1. The fourth-order valence-corrected chi connectivity index (χ4v) is 4.99. The standard InChI is InChI=1S/C25H43NO8/c1-9-20-25(6,30)11-10-19(27)14(2)12-15(3)22(17(5)23(29)33-20)34-24-21(28)18(26(7,8)31)13-16(4)32-24/h10-11,14-18,20-22,24,28,30H,9,12-13H2,1-8H3/b11-10+/t14-,15+,16?,17-,18?,20-,21?,22+,24?,25+/m1/s1. The second-order valence-electron chi connectivity index (χ2n) is 10.8. The van der Waals surface area contributed by atoms with Gasteiger partial charge >= 0.3 is 5.97 Å². The van der Waals surface area contributed by atoms with Crippen LogP contribution in [0.25, 0.3) is 0 Å². The first-order valence-corrected chi connectivity index (χ1v) is 12.3. The normalized spacial score (nSPS) is 44.0. The number of nitrogens with zero attached hydrogens (tertiary/aromatic N) is 1. The summed E-state index contributed by atoms with van der Waals surface area (Å²) in [6, 6.07) is -0.650. The van der Waals surface area contributed by atoms with E-state index in [1.807, 2.05) is 13.8 Å². The third kappa shape index (κ3) is 6.86. The summed E-state index contributed by atoms with van der Waals surface area (Å²) in [5.74, 6) is -2.11. The van der Waals surface area contributed by atoms with E-state index in [-0.39, 0.29) is 23.7 Å². The molecule has 4 unspecified atom stereocenters. The molecule has 9 heteroatoms. The Labute approximate surface area is 203 Å². The van der Waals surface area contributed by atoms with Crippen LogP contribution in [0.1, 0.15) is 60.8 Å². The lowest BCUT2D eigenvalue weighted by Gasteiger charge is -2.49. The Kier molecular flexibility index (Phi) is 9.46. The Morgan fingerprint density at radius 1 is 1.21 bits per heavy atom. The van der Waals surface area contributed by atoms with Gasteiger partial charge in [-0.25, -0.2) is 0 Å². The maximum absolute atomic E-state index is 13.1. The summed E-state index contributed by atoms with van der Waals surface area (Å²) in [4.78, 5) is 25.8. The molecule has 0 aromatic rings. The number of aliphatic hydroxyl groups is 2. The van der Waals surface area contributed by atoms with E-state index in [0.29, 0.717) is 19.3 Å². The predicted molar refractivity (Wildman–Crippen MR) is 126 cm³/mol. The first-order valence-electron chi connectivity index (χ1n) is 12.3. The fourth-order valence-electron chi connectivity index (χ4n) is 4.99. The van der Waals surface area contributed by atoms with E-state index in [9.17, 15) is 25.0 Å². The molecule has 34 heavy (non-hydrogen) atoms. The summed E-state index contributed by atoms with van der Waals surface area (Å²) in [5.41, 5.74) is -1.51. The van der Waals surface area contributed by atoms with Crippen LogP contribution in [0.15, 0.2) is 12.2 Å². The van der Waals surface area contributed by atoms with Crippen LogP contribution >= 0.6 is 0 Å². The molecule has 2 aliphatic rings. The van der Waals surface area contributed by atoms with Crippen LogP contribution in [0.4, 0.5) is 0 Å². The average molecular weight is 486 g/mol. The van der Waals surface area contributed by atoms with Crippen molar-refractivity contribution in [3.8, 4) is 0 Å². The Hall–Kier alpha value is -1.36. The van der Waals surface area contributed by atoms with Crippen molar-refractivity contribution in [3.05, 3.63) is 17.4 Å². The smallest absolute Gasteiger partial charge is 0.311 e.